The number of phenols is 2. The first-order chi connectivity index (χ1) is 14.0. The molecule has 4 N–H and O–H groups in total. The fourth-order valence-electron chi connectivity index (χ4n) is 4.36. The highest BCUT2D eigenvalue weighted by molar-refractivity contribution is 7.89. The van der Waals surface area contributed by atoms with Gasteiger partial charge in [-0.3, -0.25) is 9.69 Å². The maximum atomic E-state index is 12.9. The summed E-state index contributed by atoms with van der Waals surface area (Å²) < 4.78 is 27.0. The number of nitrogens with two attached hydrogens (primary N) is 1. The van der Waals surface area contributed by atoms with Crippen LogP contribution >= 0.6 is 0 Å². The zero-order valence-electron chi connectivity index (χ0n) is 17.6. The highest BCUT2D eigenvalue weighted by atomic mass is 32.2. The van der Waals surface area contributed by atoms with Crippen LogP contribution in [0.3, 0.4) is 0 Å². The third-order valence-electron chi connectivity index (χ3n) is 5.74. The Morgan fingerprint density at radius 1 is 1.23 bits per heavy atom. The molecule has 2 aliphatic heterocycles. The first-order valence-electron chi connectivity index (χ1n) is 10.1. The van der Waals surface area contributed by atoms with Crippen molar-refractivity contribution in [2.75, 3.05) is 19.6 Å². The molecule has 1 amide bonds. The molecular weight excluding hydrogens is 408 g/mol. The number of aliphatic imine (C=N–C) groups is 1. The lowest BCUT2D eigenvalue weighted by Gasteiger charge is -2.33. The lowest BCUT2D eigenvalue weighted by atomic mass is 9.90. The molecule has 10 heteroatoms. The molecule has 1 fully saturated rings. The number of hydrogen-bond donors (Lipinski definition) is 3. The molecule has 166 valence electrons. The summed E-state index contributed by atoms with van der Waals surface area (Å²) >= 11 is 0. The van der Waals surface area contributed by atoms with Gasteiger partial charge in [0.1, 0.15) is 17.0 Å². The van der Waals surface area contributed by atoms with Gasteiger partial charge in [-0.25, -0.2) is 13.4 Å². The molecule has 1 atom stereocenters. The average Bonchev–Trinajstić information content (AvgIpc) is 2.84. The van der Waals surface area contributed by atoms with E-state index in [1.54, 1.807) is 6.92 Å². The van der Waals surface area contributed by atoms with Gasteiger partial charge < -0.3 is 15.9 Å². The molecule has 0 aliphatic carbocycles. The second-order valence-electron chi connectivity index (χ2n) is 8.73. The zero-order chi connectivity index (χ0) is 22.3. The highest BCUT2D eigenvalue weighted by Crippen LogP contribution is 2.36. The fourth-order valence-corrected chi connectivity index (χ4v) is 5.97. The van der Waals surface area contributed by atoms with Crippen LogP contribution in [0.4, 0.5) is 0 Å². The number of guanidine groups is 1. The number of hydrogen-bond acceptors (Lipinski definition) is 7. The molecule has 30 heavy (non-hydrogen) atoms. The SMILES string of the molecule is CC(C)CC1(C)N=C(N)N(CC2CCN(S(=O)(=O)c3c(O)cccc3O)CC2)C1=O. The first kappa shape index (κ1) is 22.4. The Kier molecular flexibility index (Phi) is 6.01. The standard InChI is InChI=1S/C20H30N4O5S/c1-13(2)11-20(3)18(27)24(19(21)22-20)12-14-7-9-23(10-8-14)30(28,29)17-15(25)5-4-6-16(17)26/h4-6,13-14,25-26H,7-12H2,1-3H3,(H2,21,22). The van der Waals surface area contributed by atoms with E-state index in [1.807, 2.05) is 13.8 Å². The van der Waals surface area contributed by atoms with E-state index in [0.29, 0.717) is 31.7 Å². The van der Waals surface area contributed by atoms with Crippen LogP contribution in [0.5, 0.6) is 11.5 Å². The summed E-state index contributed by atoms with van der Waals surface area (Å²) in [7, 11) is -4.02. The Morgan fingerprint density at radius 3 is 2.33 bits per heavy atom. The Hall–Kier alpha value is -2.33. The van der Waals surface area contributed by atoms with E-state index in [1.165, 1.54) is 27.4 Å². The number of amides is 1. The van der Waals surface area contributed by atoms with E-state index in [-0.39, 0.29) is 30.9 Å². The van der Waals surface area contributed by atoms with Gasteiger partial charge in [0.15, 0.2) is 10.9 Å². The van der Waals surface area contributed by atoms with Crippen molar-refractivity contribution >= 4 is 21.9 Å². The third kappa shape index (κ3) is 4.11. The van der Waals surface area contributed by atoms with Gasteiger partial charge in [-0.1, -0.05) is 19.9 Å². The van der Waals surface area contributed by atoms with Gasteiger partial charge in [0.25, 0.3) is 5.91 Å². The van der Waals surface area contributed by atoms with Crippen molar-refractivity contribution in [3.05, 3.63) is 18.2 Å². The van der Waals surface area contributed by atoms with Crippen LogP contribution in [-0.2, 0) is 14.8 Å². The van der Waals surface area contributed by atoms with Crippen LogP contribution in [0.25, 0.3) is 0 Å². The molecule has 1 aromatic rings. The van der Waals surface area contributed by atoms with Crippen molar-refractivity contribution in [2.24, 2.45) is 22.6 Å². The topological polar surface area (TPSA) is 137 Å². The minimum atomic E-state index is -4.02. The Balaban J connectivity index is 1.65. The molecule has 0 aromatic heterocycles. The van der Waals surface area contributed by atoms with E-state index in [0.717, 1.165) is 0 Å². The van der Waals surface area contributed by atoms with Crippen LogP contribution in [0.1, 0.15) is 40.0 Å². The van der Waals surface area contributed by atoms with E-state index >= 15 is 0 Å². The average molecular weight is 439 g/mol. The molecule has 0 spiro atoms. The molecule has 3 rings (SSSR count). The minimum Gasteiger partial charge on any atom is -0.506 e. The van der Waals surface area contributed by atoms with Crippen LogP contribution in [0.2, 0.25) is 0 Å². The number of piperidine rings is 1. The van der Waals surface area contributed by atoms with Crippen molar-refractivity contribution < 1.29 is 23.4 Å². The van der Waals surface area contributed by atoms with Crippen molar-refractivity contribution in [3.8, 4) is 11.5 Å². The maximum absolute atomic E-state index is 12.9. The molecule has 2 heterocycles. The zero-order valence-corrected chi connectivity index (χ0v) is 18.4. The Bertz CT molecular complexity index is 934. The lowest BCUT2D eigenvalue weighted by molar-refractivity contribution is -0.131. The number of rotatable bonds is 6. The van der Waals surface area contributed by atoms with E-state index in [2.05, 4.69) is 4.99 Å². The molecule has 1 saturated heterocycles. The summed E-state index contributed by atoms with van der Waals surface area (Å²) in [6, 6.07) is 3.84. The van der Waals surface area contributed by atoms with E-state index in [9.17, 15) is 23.4 Å². The predicted octanol–water partition coefficient (Wildman–Crippen LogP) is 1.46. The summed E-state index contributed by atoms with van der Waals surface area (Å²) in [5.74, 6) is -0.468. The number of nitrogens with zero attached hydrogens (tertiary/aromatic N) is 3. The molecule has 0 radical (unpaired) electrons. The van der Waals surface area contributed by atoms with Crippen molar-refractivity contribution in [1.82, 2.24) is 9.21 Å². The van der Waals surface area contributed by atoms with Gasteiger partial charge in [-0.2, -0.15) is 4.31 Å². The van der Waals surface area contributed by atoms with Gasteiger partial charge in [0.05, 0.1) is 0 Å². The van der Waals surface area contributed by atoms with Crippen LogP contribution < -0.4 is 5.73 Å². The smallest absolute Gasteiger partial charge is 0.257 e. The normalized spacial score (nSPS) is 23.9. The first-order valence-corrected chi connectivity index (χ1v) is 11.6. The van der Waals surface area contributed by atoms with Gasteiger partial charge in [0.2, 0.25) is 10.0 Å². The third-order valence-corrected chi connectivity index (χ3v) is 7.71. The van der Waals surface area contributed by atoms with Gasteiger partial charge in [0, 0.05) is 19.6 Å². The molecular formula is C20H30N4O5S. The Labute approximate surface area is 177 Å². The maximum Gasteiger partial charge on any atom is 0.257 e. The van der Waals surface area contributed by atoms with E-state index < -0.39 is 32.0 Å². The lowest BCUT2D eigenvalue weighted by Crippen LogP contribution is -2.47. The fraction of sp³-hybridized carbons (Fsp3) is 0.600. The van der Waals surface area contributed by atoms with Crippen LogP contribution in [0, 0.1) is 11.8 Å². The molecule has 1 unspecified atom stereocenters. The second kappa shape index (κ2) is 8.07. The van der Waals surface area contributed by atoms with Crippen LogP contribution in [0.15, 0.2) is 28.1 Å². The summed E-state index contributed by atoms with van der Waals surface area (Å²) in [6.07, 6.45) is 1.68. The number of phenolic OH excluding ortho intramolecular Hbond substituents is 2. The summed E-state index contributed by atoms with van der Waals surface area (Å²) in [6.45, 7) is 6.72. The number of benzene rings is 1. The van der Waals surface area contributed by atoms with Crippen molar-refractivity contribution in [3.63, 3.8) is 0 Å². The summed E-state index contributed by atoms with van der Waals surface area (Å²) in [5, 5.41) is 19.9. The number of aromatic hydroxyl groups is 2. The molecule has 9 nitrogen and oxygen atoms in total. The molecule has 1 aromatic carbocycles. The van der Waals surface area contributed by atoms with Gasteiger partial charge >= 0.3 is 0 Å². The summed E-state index contributed by atoms with van der Waals surface area (Å²) in [5.41, 5.74) is 5.19. The molecule has 2 aliphatic rings. The van der Waals surface area contributed by atoms with Crippen molar-refractivity contribution in [2.45, 2.75) is 50.5 Å². The Morgan fingerprint density at radius 2 is 1.80 bits per heavy atom. The number of sulfonamides is 1. The van der Waals surface area contributed by atoms with Crippen molar-refractivity contribution in [1.29, 1.82) is 0 Å². The van der Waals surface area contributed by atoms with E-state index in [4.69, 9.17) is 5.73 Å². The number of carbonyl (C=O) groups is 1. The minimum absolute atomic E-state index is 0.0773. The summed E-state index contributed by atoms with van der Waals surface area (Å²) in [4.78, 5) is 18.4. The number of carbonyl (C=O) groups excluding carboxylic acids is 1. The largest absolute Gasteiger partial charge is 0.506 e. The van der Waals surface area contributed by atoms with Crippen LogP contribution in [-0.4, -0.2) is 64.9 Å². The quantitative estimate of drug-likeness (QED) is 0.615. The highest BCUT2D eigenvalue weighted by Gasteiger charge is 2.45. The second-order valence-corrected chi connectivity index (χ2v) is 10.6. The van der Waals surface area contributed by atoms with Gasteiger partial charge in [-0.15, -0.1) is 0 Å². The predicted molar refractivity (Wildman–Crippen MR) is 112 cm³/mol. The monoisotopic (exact) mass is 438 g/mol. The molecule has 0 bridgehead atoms. The molecule has 0 saturated carbocycles. The van der Waals surface area contributed by atoms with Gasteiger partial charge in [-0.05, 0) is 50.2 Å².